The zero-order valence-corrected chi connectivity index (χ0v) is 20.8. The number of para-hydroxylation sites is 1. The molecule has 0 aliphatic heterocycles. The van der Waals surface area contributed by atoms with E-state index in [0.717, 1.165) is 28.3 Å². The molecule has 2 aromatic carbocycles. The van der Waals surface area contributed by atoms with Gasteiger partial charge in [-0.2, -0.15) is 5.10 Å². The Balaban J connectivity index is 1.49. The van der Waals surface area contributed by atoms with Crippen LogP contribution in [0.3, 0.4) is 0 Å². The van der Waals surface area contributed by atoms with E-state index in [-0.39, 0.29) is 5.91 Å². The van der Waals surface area contributed by atoms with Gasteiger partial charge in [-0.1, -0.05) is 47.6 Å². The molecule has 0 fully saturated rings. The average Bonchev–Trinajstić information content (AvgIpc) is 3.26. The van der Waals surface area contributed by atoms with Crippen LogP contribution in [0.5, 0.6) is 0 Å². The number of thioether (sulfide) groups is 1. The molecule has 1 atom stereocenters. The molecule has 178 valence electrons. The van der Waals surface area contributed by atoms with Crippen LogP contribution in [0.4, 0.5) is 5.69 Å². The molecule has 0 radical (unpaired) electrons. The first-order chi connectivity index (χ1) is 17.0. The summed E-state index contributed by atoms with van der Waals surface area (Å²) in [5.41, 5.74) is 6.28. The molecule has 4 rings (SSSR count). The third-order valence-corrected chi connectivity index (χ3v) is 6.34. The Morgan fingerprint density at radius 2 is 2.00 bits per heavy atom. The number of aryl methyl sites for hydroxylation is 1. The molecular weight excluding hydrogens is 482 g/mol. The molecule has 4 aromatic rings. The number of nitrogens with zero attached hydrogens (tertiary/aromatic N) is 5. The Kier molecular flexibility index (Phi) is 8.12. The Morgan fingerprint density at radius 1 is 1.17 bits per heavy atom. The van der Waals surface area contributed by atoms with E-state index in [9.17, 15) is 4.79 Å². The number of halogens is 1. The minimum Gasteiger partial charge on any atom is -0.378 e. The maximum atomic E-state index is 12.6. The van der Waals surface area contributed by atoms with E-state index in [1.165, 1.54) is 11.8 Å². The molecule has 2 heterocycles. The van der Waals surface area contributed by atoms with Gasteiger partial charge in [0.05, 0.1) is 18.0 Å². The van der Waals surface area contributed by atoms with E-state index in [0.29, 0.717) is 16.7 Å². The molecule has 2 aromatic heterocycles. The van der Waals surface area contributed by atoms with Crippen LogP contribution in [0.2, 0.25) is 5.02 Å². The molecule has 1 amide bonds. The summed E-state index contributed by atoms with van der Waals surface area (Å²) in [6.45, 7) is 4.24. The van der Waals surface area contributed by atoms with Gasteiger partial charge in [0.25, 0.3) is 5.91 Å². The van der Waals surface area contributed by atoms with Crippen molar-refractivity contribution in [3.63, 3.8) is 0 Å². The van der Waals surface area contributed by atoms with E-state index >= 15 is 0 Å². The quantitative estimate of drug-likeness (QED) is 0.191. The van der Waals surface area contributed by atoms with Gasteiger partial charge in [-0.25, -0.2) is 5.43 Å². The molecule has 35 heavy (non-hydrogen) atoms. The van der Waals surface area contributed by atoms with Crippen molar-refractivity contribution < 1.29 is 4.79 Å². The molecule has 2 N–H and O–H groups in total. The normalized spacial score (nSPS) is 12.0. The van der Waals surface area contributed by atoms with Gasteiger partial charge >= 0.3 is 0 Å². The Bertz CT molecular complexity index is 1310. The second kappa shape index (κ2) is 11.6. The van der Waals surface area contributed by atoms with Crippen molar-refractivity contribution >= 4 is 41.2 Å². The lowest BCUT2D eigenvalue weighted by Gasteiger charge is -2.14. The van der Waals surface area contributed by atoms with Gasteiger partial charge in [0.15, 0.2) is 11.0 Å². The number of rotatable bonds is 9. The van der Waals surface area contributed by atoms with Gasteiger partial charge < -0.3 is 5.32 Å². The van der Waals surface area contributed by atoms with E-state index in [4.69, 9.17) is 11.6 Å². The van der Waals surface area contributed by atoms with E-state index < -0.39 is 5.25 Å². The molecule has 10 heteroatoms. The maximum absolute atomic E-state index is 12.6. The minimum atomic E-state index is -0.452. The summed E-state index contributed by atoms with van der Waals surface area (Å²) in [5.74, 6) is 0.476. The number of benzene rings is 2. The number of amides is 1. The zero-order chi connectivity index (χ0) is 24.6. The standard InChI is InChI=1S/C25H24ClN7OS/c1-17-13-20(26)10-11-22(17)28-16-23-30-32-25(33(23)21-8-4-3-5-9-21)35-18(2)24(34)31-29-15-19-7-6-12-27-14-19/h3-15,18,28H,16H2,1-2H3,(H,31,34)/b29-15-/t18-/m0/s1. The highest BCUT2D eigenvalue weighted by atomic mass is 35.5. The number of aromatic nitrogens is 4. The van der Waals surface area contributed by atoms with Crippen molar-refractivity contribution in [2.45, 2.75) is 30.8 Å². The molecule has 0 unspecified atom stereocenters. The fourth-order valence-corrected chi connectivity index (χ4v) is 4.36. The van der Waals surface area contributed by atoms with Gasteiger partial charge in [-0.15, -0.1) is 10.2 Å². The fourth-order valence-electron chi connectivity index (χ4n) is 3.25. The number of pyridine rings is 1. The van der Waals surface area contributed by atoms with Crippen LogP contribution in [-0.4, -0.2) is 37.1 Å². The molecular formula is C25H24ClN7OS. The van der Waals surface area contributed by atoms with Gasteiger partial charge in [0.2, 0.25) is 0 Å². The number of carbonyl (C=O) groups is 1. The lowest BCUT2D eigenvalue weighted by Crippen LogP contribution is -2.27. The van der Waals surface area contributed by atoms with Crippen LogP contribution in [0, 0.1) is 6.92 Å². The van der Waals surface area contributed by atoms with Crippen molar-refractivity contribution in [2.75, 3.05) is 5.32 Å². The van der Waals surface area contributed by atoms with Gasteiger partial charge in [0.1, 0.15) is 0 Å². The van der Waals surface area contributed by atoms with Gasteiger partial charge in [-0.05, 0) is 55.8 Å². The zero-order valence-electron chi connectivity index (χ0n) is 19.2. The lowest BCUT2D eigenvalue weighted by molar-refractivity contribution is -0.120. The number of hydrazone groups is 1. The second-order valence-electron chi connectivity index (χ2n) is 7.66. The summed E-state index contributed by atoms with van der Waals surface area (Å²) in [6, 6.07) is 19.2. The topological polar surface area (TPSA) is 97.1 Å². The lowest BCUT2D eigenvalue weighted by atomic mass is 10.2. The predicted molar refractivity (Wildman–Crippen MR) is 140 cm³/mol. The van der Waals surface area contributed by atoms with Gasteiger partial charge in [0, 0.05) is 34.4 Å². The van der Waals surface area contributed by atoms with Crippen molar-refractivity contribution in [3.05, 3.63) is 95.0 Å². The number of nitrogens with one attached hydrogen (secondary N) is 2. The number of hydrogen-bond donors (Lipinski definition) is 2. The maximum Gasteiger partial charge on any atom is 0.253 e. The molecule has 0 bridgehead atoms. The molecule has 0 aliphatic rings. The van der Waals surface area contributed by atoms with Gasteiger partial charge in [-0.3, -0.25) is 14.3 Å². The average molecular weight is 506 g/mol. The first kappa shape index (κ1) is 24.4. The van der Waals surface area contributed by atoms with E-state index in [1.54, 1.807) is 31.6 Å². The summed E-state index contributed by atoms with van der Waals surface area (Å²) in [7, 11) is 0. The molecule has 8 nitrogen and oxygen atoms in total. The number of carbonyl (C=O) groups excluding carboxylic acids is 1. The van der Waals surface area contributed by atoms with Crippen LogP contribution in [-0.2, 0) is 11.3 Å². The molecule has 0 aliphatic carbocycles. The Morgan fingerprint density at radius 3 is 2.74 bits per heavy atom. The van der Waals surface area contributed by atoms with Crippen LogP contribution < -0.4 is 10.7 Å². The number of hydrogen-bond acceptors (Lipinski definition) is 7. The van der Waals surface area contributed by atoms with Crippen molar-refractivity contribution in [1.82, 2.24) is 25.2 Å². The highest BCUT2D eigenvalue weighted by Crippen LogP contribution is 2.27. The monoisotopic (exact) mass is 505 g/mol. The van der Waals surface area contributed by atoms with Crippen LogP contribution in [0.25, 0.3) is 5.69 Å². The predicted octanol–water partition coefficient (Wildman–Crippen LogP) is 4.87. The summed E-state index contributed by atoms with van der Waals surface area (Å²) in [6.07, 6.45) is 4.90. The highest BCUT2D eigenvalue weighted by Gasteiger charge is 2.21. The third kappa shape index (κ3) is 6.46. The molecule has 0 saturated heterocycles. The first-order valence-electron chi connectivity index (χ1n) is 10.9. The Hall–Kier alpha value is -3.69. The summed E-state index contributed by atoms with van der Waals surface area (Å²) < 4.78 is 1.95. The molecule has 0 spiro atoms. The summed E-state index contributed by atoms with van der Waals surface area (Å²) in [5, 5.41) is 17.1. The summed E-state index contributed by atoms with van der Waals surface area (Å²) >= 11 is 7.39. The highest BCUT2D eigenvalue weighted by molar-refractivity contribution is 8.00. The van der Waals surface area contributed by atoms with Crippen LogP contribution in [0.15, 0.2) is 83.3 Å². The summed E-state index contributed by atoms with van der Waals surface area (Å²) in [4.78, 5) is 16.6. The second-order valence-corrected chi connectivity index (χ2v) is 9.41. The first-order valence-corrected chi connectivity index (χ1v) is 12.2. The Labute approximate surface area is 212 Å². The smallest absolute Gasteiger partial charge is 0.253 e. The van der Waals surface area contributed by atoms with E-state index in [1.807, 2.05) is 66.1 Å². The fraction of sp³-hybridized carbons (Fsp3) is 0.160. The van der Waals surface area contributed by atoms with Crippen LogP contribution >= 0.6 is 23.4 Å². The van der Waals surface area contributed by atoms with Crippen LogP contribution in [0.1, 0.15) is 23.9 Å². The minimum absolute atomic E-state index is 0.241. The van der Waals surface area contributed by atoms with Crippen molar-refractivity contribution in [3.8, 4) is 5.69 Å². The van der Waals surface area contributed by atoms with E-state index in [2.05, 4.69) is 31.0 Å². The van der Waals surface area contributed by atoms with Crippen molar-refractivity contribution in [1.29, 1.82) is 0 Å². The molecule has 0 saturated carbocycles. The van der Waals surface area contributed by atoms with Crippen molar-refractivity contribution in [2.24, 2.45) is 5.10 Å². The third-order valence-electron chi connectivity index (χ3n) is 5.06. The number of anilines is 1. The largest absolute Gasteiger partial charge is 0.378 e. The SMILES string of the molecule is Cc1cc(Cl)ccc1NCc1nnc(S[C@@H](C)C(=O)N/N=C\c2cccnc2)n1-c1ccccc1.